The fourth-order valence-corrected chi connectivity index (χ4v) is 2.57. The number of nitrogens with zero attached hydrogens (tertiary/aromatic N) is 2. The fraction of sp³-hybridized carbons (Fsp3) is 0.692. The zero-order chi connectivity index (χ0) is 13.1. The van der Waals surface area contributed by atoms with Crippen LogP contribution in [0.15, 0.2) is 0 Å². The number of nitrogens with one attached hydrogen (secondary N) is 1. The number of halogens is 1. The summed E-state index contributed by atoms with van der Waals surface area (Å²) in [4.78, 5) is 8.77. The lowest BCUT2D eigenvalue weighted by Crippen LogP contribution is -2.30. The van der Waals surface area contributed by atoms with Crippen molar-refractivity contribution < 1.29 is 4.74 Å². The SMILES string of the molecule is CCc1nc(Cl)c(C)c(NC2CCCC2OC)n1. The molecule has 0 spiro atoms. The van der Waals surface area contributed by atoms with Crippen LogP contribution in [0.2, 0.25) is 5.15 Å². The lowest BCUT2D eigenvalue weighted by Gasteiger charge is -2.21. The lowest BCUT2D eigenvalue weighted by molar-refractivity contribution is 0.101. The number of aromatic nitrogens is 2. The van der Waals surface area contributed by atoms with Gasteiger partial charge in [-0.15, -0.1) is 0 Å². The predicted molar refractivity (Wildman–Crippen MR) is 73.2 cm³/mol. The van der Waals surface area contributed by atoms with Crippen LogP contribution < -0.4 is 5.32 Å². The minimum absolute atomic E-state index is 0.267. The van der Waals surface area contributed by atoms with E-state index in [9.17, 15) is 0 Å². The van der Waals surface area contributed by atoms with Crippen LogP contribution >= 0.6 is 11.6 Å². The molecule has 0 bridgehead atoms. The Morgan fingerprint density at radius 2 is 2.17 bits per heavy atom. The maximum absolute atomic E-state index is 6.13. The van der Waals surface area contributed by atoms with Crippen LogP contribution in [0.5, 0.6) is 0 Å². The molecule has 1 N–H and O–H groups in total. The number of aryl methyl sites for hydroxylation is 1. The van der Waals surface area contributed by atoms with Crippen molar-refractivity contribution in [2.24, 2.45) is 0 Å². The second-order valence-electron chi connectivity index (χ2n) is 4.71. The van der Waals surface area contributed by atoms with Crippen LogP contribution in [0.4, 0.5) is 5.82 Å². The highest BCUT2D eigenvalue weighted by atomic mass is 35.5. The molecule has 5 heteroatoms. The van der Waals surface area contributed by atoms with E-state index in [1.54, 1.807) is 7.11 Å². The van der Waals surface area contributed by atoms with Crippen molar-refractivity contribution in [2.45, 2.75) is 51.7 Å². The van der Waals surface area contributed by atoms with E-state index in [0.29, 0.717) is 11.2 Å². The average molecular weight is 270 g/mol. The third-order valence-electron chi connectivity index (χ3n) is 3.53. The van der Waals surface area contributed by atoms with Gasteiger partial charge in [0.2, 0.25) is 0 Å². The Kier molecular flexibility index (Phi) is 4.40. The van der Waals surface area contributed by atoms with Crippen LogP contribution in [-0.4, -0.2) is 29.2 Å². The van der Waals surface area contributed by atoms with E-state index >= 15 is 0 Å². The highest BCUT2D eigenvalue weighted by Gasteiger charge is 2.28. The van der Waals surface area contributed by atoms with E-state index in [4.69, 9.17) is 16.3 Å². The highest BCUT2D eigenvalue weighted by Crippen LogP contribution is 2.27. The van der Waals surface area contributed by atoms with Crippen molar-refractivity contribution in [2.75, 3.05) is 12.4 Å². The first kappa shape index (κ1) is 13.6. The predicted octanol–water partition coefficient (Wildman–Crippen LogP) is 2.98. The Morgan fingerprint density at radius 1 is 1.39 bits per heavy atom. The molecule has 0 saturated heterocycles. The average Bonchev–Trinajstić information content (AvgIpc) is 2.81. The molecule has 2 unspecified atom stereocenters. The summed E-state index contributed by atoms with van der Waals surface area (Å²) >= 11 is 6.13. The molecule has 1 aliphatic carbocycles. The van der Waals surface area contributed by atoms with Gasteiger partial charge in [-0.3, -0.25) is 0 Å². The van der Waals surface area contributed by atoms with Gasteiger partial charge >= 0.3 is 0 Å². The molecule has 2 atom stereocenters. The van der Waals surface area contributed by atoms with Crippen molar-refractivity contribution in [1.29, 1.82) is 0 Å². The molecule has 1 aliphatic rings. The van der Waals surface area contributed by atoms with E-state index in [1.807, 2.05) is 13.8 Å². The van der Waals surface area contributed by atoms with E-state index in [0.717, 1.165) is 36.5 Å². The summed E-state index contributed by atoms with van der Waals surface area (Å²) in [6.07, 6.45) is 4.46. The Bertz CT molecular complexity index is 425. The second kappa shape index (κ2) is 5.85. The summed E-state index contributed by atoms with van der Waals surface area (Å²) in [5, 5.41) is 4.00. The minimum Gasteiger partial charge on any atom is -0.379 e. The number of ether oxygens (including phenoxy) is 1. The first-order chi connectivity index (χ1) is 8.65. The zero-order valence-corrected chi connectivity index (χ0v) is 11.9. The van der Waals surface area contributed by atoms with Crippen molar-refractivity contribution in [3.05, 3.63) is 16.5 Å². The Hall–Kier alpha value is -0.870. The molecule has 1 saturated carbocycles. The van der Waals surface area contributed by atoms with Gasteiger partial charge in [-0.05, 0) is 26.2 Å². The minimum atomic E-state index is 0.267. The Morgan fingerprint density at radius 3 is 2.83 bits per heavy atom. The van der Waals surface area contributed by atoms with Gasteiger partial charge in [-0.25, -0.2) is 9.97 Å². The molecular formula is C13H20ClN3O. The van der Waals surface area contributed by atoms with Gasteiger partial charge in [0.25, 0.3) is 0 Å². The summed E-state index contributed by atoms with van der Waals surface area (Å²) in [6, 6.07) is 0.323. The van der Waals surface area contributed by atoms with Gasteiger partial charge in [-0.1, -0.05) is 18.5 Å². The Balaban J connectivity index is 2.20. The molecule has 18 heavy (non-hydrogen) atoms. The van der Waals surface area contributed by atoms with Crippen molar-refractivity contribution in [3.8, 4) is 0 Å². The monoisotopic (exact) mass is 269 g/mol. The molecule has 2 rings (SSSR count). The molecule has 1 aromatic heterocycles. The van der Waals surface area contributed by atoms with Crippen LogP contribution in [0.3, 0.4) is 0 Å². The Labute approximate surface area is 113 Å². The second-order valence-corrected chi connectivity index (χ2v) is 5.07. The number of anilines is 1. The fourth-order valence-electron chi connectivity index (χ4n) is 2.38. The van der Waals surface area contributed by atoms with E-state index in [-0.39, 0.29) is 6.10 Å². The molecule has 4 nitrogen and oxygen atoms in total. The number of rotatable bonds is 4. The molecule has 0 amide bonds. The van der Waals surface area contributed by atoms with Crippen molar-refractivity contribution >= 4 is 17.4 Å². The van der Waals surface area contributed by atoms with E-state index in [2.05, 4.69) is 15.3 Å². The van der Waals surface area contributed by atoms with E-state index in [1.165, 1.54) is 6.42 Å². The molecule has 0 radical (unpaired) electrons. The van der Waals surface area contributed by atoms with Crippen molar-refractivity contribution in [3.63, 3.8) is 0 Å². The molecular weight excluding hydrogens is 250 g/mol. The number of hydrogen-bond donors (Lipinski definition) is 1. The number of methoxy groups -OCH3 is 1. The maximum Gasteiger partial charge on any atom is 0.137 e. The van der Waals surface area contributed by atoms with Crippen LogP contribution in [0.1, 0.15) is 37.6 Å². The first-order valence-electron chi connectivity index (χ1n) is 6.48. The van der Waals surface area contributed by atoms with Crippen LogP contribution in [0, 0.1) is 6.92 Å². The molecule has 1 aromatic rings. The van der Waals surface area contributed by atoms with Crippen LogP contribution in [-0.2, 0) is 11.2 Å². The standard InChI is InChI=1S/C13H20ClN3O/c1-4-11-16-12(14)8(2)13(17-11)15-9-6-5-7-10(9)18-3/h9-10H,4-7H2,1-3H3,(H,15,16,17). The summed E-state index contributed by atoms with van der Waals surface area (Å²) in [5.41, 5.74) is 0.913. The topological polar surface area (TPSA) is 47.0 Å². The van der Waals surface area contributed by atoms with Gasteiger partial charge in [0.05, 0.1) is 12.1 Å². The third-order valence-corrected chi connectivity index (χ3v) is 3.89. The highest BCUT2D eigenvalue weighted by molar-refractivity contribution is 6.30. The summed E-state index contributed by atoms with van der Waals surface area (Å²) in [6.45, 7) is 3.97. The summed E-state index contributed by atoms with van der Waals surface area (Å²) in [7, 11) is 1.77. The van der Waals surface area contributed by atoms with Gasteiger partial charge in [0.15, 0.2) is 0 Å². The first-order valence-corrected chi connectivity index (χ1v) is 6.85. The molecule has 1 heterocycles. The van der Waals surface area contributed by atoms with Gasteiger partial charge in [0, 0.05) is 19.1 Å². The molecule has 0 aliphatic heterocycles. The third kappa shape index (κ3) is 2.75. The zero-order valence-electron chi connectivity index (χ0n) is 11.2. The smallest absolute Gasteiger partial charge is 0.137 e. The van der Waals surface area contributed by atoms with Crippen molar-refractivity contribution in [1.82, 2.24) is 9.97 Å². The molecule has 0 aromatic carbocycles. The maximum atomic E-state index is 6.13. The summed E-state index contributed by atoms with van der Waals surface area (Å²) < 4.78 is 5.48. The molecule has 100 valence electrons. The largest absolute Gasteiger partial charge is 0.379 e. The normalized spacial score (nSPS) is 23.3. The quantitative estimate of drug-likeness (QED) is 0.854. The van der Waals surface area contributed by atoms with E-state index < -0.39 is 0 Å². The lowest BCUT2D eigenvalue weighted by atomic mass is 10.2. The van der Waals surface area contributed by atoms with Gasteiger partial charge in [-0.2, -0.15) is 0 Å². The summed E-state index contributed by atoms with van der Waals surface area (Å²) in [5.74, 6) is 1.63. The van der Waals surface area contributed by atoms with Crippen LogP contribution in [0.25, 0.3) is 0 Å². The molecule has 1 fully saturated rings. The van der Waals surface area contributed by atoms with Gasteiger partial charge < -0.3 is 10.1 Å². The number of hydrogen-bond acceptors (Lipinski definition) is 4. The van der Waals surface area contributed by atoms with Gasteiger partial charge in [0.1, 0.15) is 16.8 Å².